The van der Waals surface area contributed by atoms with Gasteiger partial charge >= 0.3 is 0 Å². The van der Waals surface area contributed by atoms with E-state index in [4.69, 9.17) is 0 Å². The molecule has 0 amide bonds. The van der Waals surface area contributed by atoms with Gasteiger partial charge in [-0.3, -0.25) is 14.9 Å². The van der Waals surface area contributed by atoms with Gasteiger partial charge in [0.05, 0.1) is 16.0 Å². The molecule has 0 saturated carbocycles. The number of hydrogen-bond donors (Lipinski definition) is 0. The topological polar surface area (TPSA) is 81.3 Å². The zero-order valence-electron chi connectivity index (χ0n) is 15.1. The third kappa shape index (κ3) is 3.05. The summed E-state index contributed by atoms with van der Waals surface area (Å²) in [6.07, 6.45) is 3.26. The lowest BCUT2D eigenvalue weighted by Gasteiger charge is -2.28. The summed E-state index contributed by atoms with van der Waals surface area (Å²) in [7, 11) is 1.59. The van der Waals surface area contributed by atoms with Gasteiger partial charge in [-0.25, -0.2) is 4.68 Å². The van der Waals surface area contributed by atoms with E-state index in [-0.39, 0.29) is 16.2 Å². The van der Waals surface area contributed by atoms with Gasteiger partial charge in [0.1, 0.15) is 5.69 Å². The Kier molecular flexibility index (Phi) is 4.35. The fourth-order valence-electron chi connectivity index (χ4n) is 3.73. The third-order valence-corrected chi connectivity index (χ3v) is 5.10. The van der Waals surface area contributed by atoms with Crippen LogP contribution in [0.25, 0.3) is 22.0 Å². The van der Waals surface area contributed by atoms with Crippen molar-refractivity contribution in [2.24, 2.45) is 7.05 Å². The first kappa shape index (κ1) is 17.2. The van der Waals surface area contributed by atoms with Gasteiger partial charge in [0.15, 0.2) is 0 Å². The average Bonchev–Trinajstić information content (AvgIpc) is 2.71. The highest BCUT2D eigenvalue weighted by Crippen LogP contribution is 2.35. The number of piperidine rings is 1. The second kappa shape index (κ2) is 6.83. The molecular weight excluding hydrogens is 344 g/mol. The van der Waals surface area contributed by atoms with E-state index >= 15 is 0 Å². The van der Waals surface area contributed by atoms with Gasteiger partial charge in [-0.2, -0.15) is 5.10 Å². The van der Waals surface area contributed by atoms with Gasteiger partial charge in [-0.05, 0) is 31.4 Å². The van der Waals surface area contributed by atoms with Crippen LogP contribution in [0.1, 0.15) is 19.3 Å². The largest absolute Gasteiger partial charge is 0.366 e. The maximum atomic E-state index is 12.3. The summed E-state index contributed by atoms with van der Waals surface area (Å²) >= 11 is 0. The van der Waals surface area contributed by atoms with Crippen LogP contribution in [-0.4, -0.2) is 27.8 Å². The van der Waals surface area contributed by atoms with Crippen molar-refractivity contribution in [2.45, 2.75) is 19.3 Å². The fraction of sp³-hybridized carbons (Fsp3) is 0.300. The van der Waals surface area contributed by atoms with Crippen LogP contribution in [0.2, 0.25) is 0 Å². The minimum Gasteiger partial charge on any atom is -0.366 e. The molecule has 0 spiro atoms. The van der Waals surface area contributed by atoms with Crippen molar-refractivity contribution >= 4 is 22.1 Å². The maximum absolute atomic E-state index is 12.3. The Hall–Kier alpha value is -3.22. The SMILES string of the molecule is Cn1nc(-c2ccc(N3CCCCC3)c([N+](=O)[O-])c2)c2ccccc2c1=O. The van der Waals surface area contributed by atoms with E-state index in [9.17, 15) is 14.9 Å². The number of nitrogens with zero attached hydrogens (tertiary/aromatic N) is 4. The Labute approximate surface area is 156 Å². The van der Waals surface area contributed by atoms with Crippen molar-refractivity contribution in [1.29, 1.82) is 0 Å². The number of rotatable bonds is 3. The number of benzene rings is 2. The van der Waals surface area contributed by atoms with Crippen molar-refractivity contribution in [3.63, 3.8) is 0 Å². The highest BCUT2D eigenvalue weighted by Gasteiger charge is 2.23. The molecular formula is C20H20N4O3. The molecule has 0 aliphatic carbocycles. The van der Waals surface area contributed by atoms with Gasteiger partial charge in [0.2, 0.25) is 0 Å². The molecule has 0 unspecified atom stereocenters. The molecule has 4 rings (SSSR count). The molecule has 7 nitrogen and oxygen atoms in total. The smallest absolute Gasteiger partial charge is 0.293 e. The van der Waals surface area contributed by atoms with Gasteiger partial charge < -0.3 is 4.90 Å². The Morgan fingerprint density at radius 3 is 2.44 bits per heavy atom. The van der Waals surface area contributed by atoms with E-state index < -0.39 is 0 Å². The number of nitro groups is 1. The Bertz CT molecular complexity index is 1080. The Morgan fingerprint density at radius 2 is 1.74 bits per heavy atom. The van der Waals surface area contributed by atoms with Gasteiger partial charge in [-0.1, -0.05) is 24.3 Å². The van der Waals surface area contributed by atoms with E-state index in [2.05, 4.69) is 10.00 Å². The standard InChI is InChI=1S/C20H20N4O3/c1-22-20(25)16-8-4-3-7-15(16)19(21-22)14-9-10-17(18(13-14)24(26)27)23-11-5-2-6-12-23/h3-4,7-10,13H,2,5-6,11-12H2,1H3. The summed E-state index contributed by atoms with van der Waals surface area (Å²) in [5, 5.41) is 17.4. The molecule has 3 aromatic rings. The quantitative estimate of drug-likeness (QED) is 0.525. The minimum absolute atomic E-state index is 0.0779. The monoisotopic (exact) mass is 364 g/mol. The Morgan fingerprint density at radius 1 is 1.04 bits per heavy atom. The molecule has 27 heavy (non-hydrogen) atoms. The van der Waals surface area contributed by atoms with Crippen molar-refractivity contribution in [3.05, 3.63) is 62.9 Å². The summed E-state index contributed by atoms with van der Waals surface area (Å²) in [5.41, 5.74) is 1.75. The van der Waals surface area contributed by atoms with Crippen molar-refractivity contribution in [3.8, 4) is 11.3 Å². The lowest BCUT2D eigenvalue weighted by Crippen LogP contribution is -2.29. The summed E-state index contributed by atoms with van der Waals surface area (Å²) in [4.78, 5) is 25.8. The van der Waals surface area contributed by atoms with Crippen LogP contribution in [0.5, 0.6) is 0 Å². The van der Waals surface area contributed by atoms with Crippen molar-refractivity contribution in [2.75, 3.05) is 18.0 Å². The number of hydrogen-bond acceptors (Lipinski definition) is 5. The number of nitro benzene ring substituents is 1. The molecule has 2 heterocycles. The number of anilines is 1. The van der Waals surface area contributed by atoms with E-state index in [1.54, 1.807) is 31.3 Å². The van der Waals surface area contributed by atoms with E-state index in [1.165, 1.54) is 4.68 Å². The second-order valence-corrected chi connectivity index (χ2v) is 6.83. The molecule has 1 aromatic heterocycles. The first-order valence-electron chi connectivity index (χ1n) is 9.06. The van der Waals surface area contributed by atoms with Crippen molar-refractivity contribution < 1.29 is 4.92 Å². The minimum atomic E-state index is -0.336. The first-order chi connectivity index (χ1) is 13.1. The van der Waals surface area contributed by atoms with Gasteiger partial charge in [0.25, 0.3) is 11.2 Å². The third-order valence-electron chi connectivity index (χ3n) is 5.10. The summed E-state index contributed by atoms with van der Waals surface area (Å²) < 4.78 is 1.28. The molecule has 138 valence electrons. The fourth-order valence-corrected chi connectivity index (χ4v) is 3.73. The number of aromatic nitrogens is 2. The zero-order chi connectivity index (χ0) is 19.0. The molecule has 2 aromatic carbocycles. The predicted octanol–water partition coefficient (Wildman–Crippen LogP) is 3.50. The Balaban J connectivity index is 1.89. The van der Waals surface area contributed by atoms with Crippen LogP contribution in [0, 0.1) is 10.1 Å². The van der Waals surface area contributed by atoms with Crippen LogP contribution in [-0.2, 0) is 7.05 Å². The first-order valence-corrected chi connectivity index (χ1v) is 9.06. The lowest BCUT2D eigenvalue weighted by atomic mass is 10.0. The highest BCUT2D eigenvalue weighted by molar-refractivity contribution is 5.94. The zero-order valence-corrected chi connectivity index (χ0v) is 15.1. The molecule has 1 aliphatic rings. The highest BCUT2D eigenvalue weighted by atomic mass is 16.6. The second-order valence-electron chi connectivity index (χ2n) is 6.83. The molecule has 0 radical (unpaired) electrons. The summed E-state index contributed by atoms with van der Waals surface area (Å²) in [5.74, 6) is 0. The molecule has 1 saturated heterocycles. The molecule has 0 atom stereocenters. The summed E-state index contributed by atoms with van der Waals surface area (Å²) in [6, 6.07) is 12.4. The van der Waals surface area contributed by atoms with Crippen LogP contribution >= 0.6 is 0 Å². The molecule has 0 bridgehead atoms. The predicted molar refractivity (Wildman–Crippen MR) is 105 cm³/mol. The van der Waals surface area contributed by atoms with E-state index in [1.807, 2.05) is 18.2 Å². The number of fused-ring (bicyclic) bond motifs is 1. The molecule has 1 aliphatic heterocycles. The summed E-state index contributed by atoms with van der Waals surface area (Å²) in [6.45, 7) is 1.67. The van der Waals surface area contributed by atoms with E-state index in [0.29, 0.717) is 27.7 Å². The molecule has 0 N–H and O–H groups in total. The van der Waals surface area contributed by atoms with Crippen LogP contribution < -0.4 is 10.5 Å². The van der Waals surface area contributed by atoms with Crippen molar-refractivity contribution in [1.82, 2.24) is 9.78 Å². The van der Waals surface area contributed by atoms with E-state index in [0.717, 1.165) is 32.4 Å². The maximum Gasteiger partial charge on any atom is 0.293 e. The number of aryl methyl sites for hydroxylation is 1. The van der Waals surface area contributed by atoms with Gasteiger partial charge in [-0.15, -0.1) is 0 Å². The van der Waals surface area contributed by atoms with Crippen LogP contribution in [0.15, 0.2) is 47.3 Å². The average molecular weight is 364 g/mol. The van der Waals surface area contributed by atoms with Crippen LogP contribution in [0.3, 0.4) is 0 Å². The lowest BCUT2D eigenvalue weighted by molar-refractivity contribution is -0.384. The van der Waals surface area contributed by atoms with Crippen LogP contribution in [0.4, 0.5) is 11.4 Å². The normalized spacial score (nSPS) is 14.5. The molecule has 1 fully saturated rings. The van der Waals surface area contributed by atoms with Gasteiger partial charge in [0, 0.05) is 37.2 Å². The molecule has 7 heteroatoms.